The zero-order valence-corrected chi connectivity index (χ0v) is 12.4. The molecule has 0 aromatic rings. The highest BCUT2D eigenvalue weighted by Crippen LogP contribution is 2.26. The fourth-order valence-corrected chi connectivity index (χ4v) is 3.01. The number of hydrogen-bond acceptors (Lipinski definition) is 4. The van der Waals surface area contributed by atoms with E-state index in [1.807, 2.05) is 11.8 Å². The van der Waals surface area contributed by atoms with Gasteiger partial charge in [-0.15, -0.1) is 0 Å². The molecule has 1 unspecified atom stereocenters. The summed E-state index contributed by atoms with van der Waals surface area (Å²) < 4.78 is 5.41. The molecular formula is C15H26N2O3. The molecule has 1 aliphatic carbocycles. The third-order valence-corrected chi connectivity index (χ3v) is 4.26. The summed E-state index contributed by atoms with van der Waals surface area (Å²) in [6.45, 7) is 4.78. The average Bonchev–Trinajstić information content (AvgIpc) is 2.99. The van der Waals surface area contributed by atoms with Crippen LogP contribution in [-0.2, 0) is 14.3 Å². The largest absolute Gasteiger partial charge is 0.378 e. The maximum absolute atomic E-state index is 12.3. The molecule has 2 fully saturated rings. The predicted molar refractivity (Wildman–Crippen MR) is 76.4 cm³/mol. The van der Waals surface area contributed by atoms with Crippen LogP contribution >= 0.6 is 0 Å². The molecule has 0 spiro atoms. The molecule has 0 aromatic carbocycles. The van der Waals surface area contributed by atoms with Gasteiger partial charge in [-0.3, -0.25) is 14.5 Å². The van der Waals surface area contributed by atoms with Crippen LogP contribution in [0.15, 0.2) is 0 Å². The smallest absolute Gasteiger partial charge is 0.239 e. The van der Waals surface area contributed by atoms with Gasteiger partial charge in [0, 0.05) is 19.0 Å². The first-order valence-corrected chi connectivity index (χ1v) is 7.84. The number of amides is 1. The van der Waals surface area contributed by atoms with Gasteiger partial charge >= 0.3 is 0 Å². The van der Waals surface area contributed by atoms with E-state index in [0.29, 0.717) is 38.6 Å². The van der Waals surface area contributed by atoms with Crippen LogP contribution < -0.4 is 5.32 Å². The van der Waals surface area contributed by atoms with E-state index in [0.717, 1.165) is 19.3 Å². The van der Waals surface area contributed by atoms with E-state index >= 15 is 0 Å². The van der Waals surface area contributed by atoms with E-state index in [1.54, 1.807) is 0 Å². The van der Waals surface area contributed by atoms with Crippen LogP contribution in [0.2, 0.25) is 0 Å². The maximum atomic E-state index is 12.3. The highest BCUT2D eigenvalue weighted by atomic mass is 16.5. The van der Waals surface area contributed by atoms with E-state index in [2.05, 4.69) is 5.32 Å². The predicted octanol–water partition coefficient (Wildman–Crippen LogP) is 0.973. The summed E-state index contributed by atoms with van der Waals surface area (Å²) in [5.41, 5.74) is 0. The zero-order valence-electron chi connectivity index (χ0n) is 12.4. The standard InChI is InChI=1S/C15H26N2O3/c1-2-7-16-15(19)13-11-20-9-8-17(13)10-14(18)12-5-3-4-6-12/h12-13H,2-11H2,1H3,(H,16,19). The number of morpholine rings is 1. The molecule has 2 rings (SSSR count). The quantitative estimate of drug-likeness (QED) is 0.789. The Morgan fingerprint density at radius 2 is 2.05 bits per heavy atom. The number of ketones is 1. The third kappa shape index (κ3) is 4.03. The van der Waals surface area contributed by atoms with Gasteiger partial charge in [0.1, 0.15) is 11.8 Å². The summed E-state index contributed by atoms with van der Waals surface area (Å²) in [6, 6.07) is -0.305. The van der Waals surface area contributed by atoms with Gasteiger partial charge in [-0.2, -0.15) is 0 Å². The Morgan fingerprint density at radius 3 is 2.75 bits per heavy atom. The van der Waals surface area contributed by atoms with E-state index in [-0.39, 0.29) is 17.9 Å². The molecule has 1 saturated carbocycles. The second-order valence-corrected chi connectivity index (χ2v) is 5.80. The molecule has 0 radical (unpaired) electrons. The molecule has 1 amide bonds. The minimum atomic E-state index is -0.305. The molecule has 1 atom stereocenters. The summed E-state index contributed by atoms with van der Waals surface area (Å²) in [7, 11) is 0. The van der Waals surface area contributed by atoms with Gasteiger partial charge in [0.05, 0.1) is 19.8 Å². The van der Waals surface area contributed by atoms with Crippen LogP contribution in [0.1, 0.15) is 39.0 Å². The second-order valence-electron chi connectivity index (χ2n) is 5.80. The van der Waals surface area contributed by atoms with Crippen LogP contribution in [0.3, 0.4) is 0 Å². The molecule has 1 saturated heterocycles. The van der Waals surface area contributed by atoms with Crippen LogP contribution in [0.4, 0.5) is 0 Å². The first-order chi connectivity index (χ1) is 9.72. The number of hydrogen-bond donors (Lipinski definition) is 1. The molecule has 5 heteroatoms. The number of ether oxygens (including phenoxy) is 1. The molecule has 0 aromatic heterocycles. The van der Waals surface area contributed by atoms with E-state index in [9.17, 15) is 9.59 Å². The van der Waals surface area contributed by atoms with Crippen molar-refractivity contribution in [1.82, 2.24) is 10.2 Å². The van der Waals surface area contributed by atoms with Crippen molar-refractivity contribution in [2.45, 2.75) is 45.1 Å². The lowest BCUT2D eigenvalue weighted by atomic mass is 10.0. The van der Waals surface area contributed by atoms with Crippen molar-refractivity contribution >= 4 is 11.7 Å². The zero-order chi connectivity index (χ0) is 14.4. The number of carbonyl (C=O) groups excluding carboxylic acids is 2. The van der Waals surface area contributed by atoms with Gasteiger partial charge < -0.3 is 10.1 Å². The van der Waals surface area contributed by atoms with E-state index in [1.165, 1.54) is 12.8 Å². The Balaban J connectivity index is 1.88. The van der Waals surface area contributed by atoms with Crippen LogP contribution in [0.5, 0.6) is 0 Å². The molecule has 1 aliphatic heterocycles. The Kier molecular flexibility index (Phi) is 5.98. The van der Waals surface area contributed by atoms with Crippen molar-refractivity contribution in [3.05, 3.63) is 0 Å². The summed E-state index contributed by atoms with van der Waals surface area (Å²) in [5.74, 6) is 0.515. The Morgan fingerprint density at radius 1 is 1.30 bits per heavy atom. The molecule has 20 heavy (non-hydrogen) atoms. The highest BCUT2D eigenvalue weighted by molar-refractivity contribution is 5.86. The van der Waals surface area contributed by atoms with Crippen molar-refractivity contribution in [1.29, 1.82) is 0 Å². The second kappa shape index (κ2) is 7.74. The molecule has 1 heterocycles. The van der Waals surface area contributed by atoms with Crippen molar-refractivity contribution in [3.8, 4) is 0 Å². The van der Waals surface area contributed by atoms with Crippen molar-refractivity contribution in [2.75, 3.05) is 32.8 Å². The summed E-state index contributed by atoms with van der Waals surface area (Å²) >= 11 is 0. The lowest BCUT2D eigenvalue weighted by molar-refractivity contribution is -0.135. The number of Topliss-reactive ketones (excluding diaryl/α,β-unsaturated/α-hetero) is 1. The van der Waals surface area contributed by atoms with Crippen LogP contribution in [0.25, 0.3) is 0 Å². The Hall–Kier alpha value is -0.940. The van der Waals surface area contributed by atoms with Gasteiger partial charge in [-0.1, -0.05) is 19.8 Å². The number of nitrogens with one attached hydrogen (secondary N) is 1. The number of carbonyl (C=O) groups is 2. The summed E-state index contributed by atoms with van der Waals surface area (Å²) in [5, 5.41) is 2.90. The molecule has 5 nitrogen and oxygen atoms in total. The van der Waals surface area contributed by atoms with Crippen molar-refractivity contribution in [3.63, 3.8) is 0 Å². The van der Waals surface area contributed by atoms with Crippen molar-refractivity contribution < 1.29 is 14.3 Å². The van der Waals surface area contributed by atoms with Gasteiger partial charge in [0.2, 0.25) is 5.91 Å². The Bertz CT molecular complexity index is 340. The average molecular weight is 282 g/mol. The van der Waals surface area contributed by atoms with Crippen molar-refractivity contribution in [2.24, 2.45) is 5.92 Å². The van der Waals surface area contributed by atoms with Crippen LogP contribution in [-0.4, -0.2) is 55.5 Å². The molecule has 114 valence electrons. The minimum absolute atomic E-state index is 0.00854. The lowest BCUT2D eigenvalue weighted by Gasteiger charge is -2.34. The van der Waals surface area contributed by atoms with Gasteiger partial charge in [0.25, 0.3) is 0 Å². The topological polar surface area (TPSA) is 58.6 Å². The summed E-state index contributed by atoms with van der Waals surface area (Å²) in [4.78, 5) is 26.4. The van der Waals surface area contributed by atoms with Gasteiger partial charge in [0.15, 0.2) is 0 Å². The molecule has 1 N–H and O–H groups in total. The SMILES string of the molecule is CCCNC(=O)C1COCCN1CC(=O)C1CCCC1. The molecular weight excluding hydrogens is 256 g/mol. The van der Waals surface area contributed by atoms with E-state index < -0.39 is 0 Å². The third-order valence-electron chi connectivity index (χ3n) is 4.26. The first kappa shape index (κ1) is 15.4. The molecule has 0 bridgehead atoms. The number of rotatable bonds is 6. The first-order valence-electron chi connectivity index (χ1n) is 7.84. The summed E-state index contributed by atoms with van der Waals surface area (Å²) in [6.07, 6.45) is 5.30. The van der Waals surface area contributed by atoms with E-state index in [4.69, 9.17) is 4.74 Å². The highest BCUT2D eigenvalue weighted by Gasteiger charge is 2.32. The minimum Gasteiger partial charge on any atom is -0.378 e. The Labute approximate surface area is 121 Å². The van der Waals surface area contributed by atoms with Gasteiger partial charge in [-0.05, 0) is 19.3 Å². The monoisotopic (exact) mass is 282 g/mol. The van der Waals surface area contributed by atoms with Gasteiger partial charge in [-0.25, -0.2) is 0 Å². The lowest BCUT2D eigenvalue weighted by Crippen LogP contribution is -2.55. The number of nitrogens with zero attached hydrogens (tertiary/aromatic N) is 1. The fraction of sp³-hybridized carbons (Fsp3) is 0.867. The fourth-order valence-electron chi connectivity index (χ4n) is 3.01. The van der Waals surface area contributed by atoms with Crippen LogP contribution in [0, 0.1) is 5.92 Å². The maximum Gasteiger partial charge on any atom is 0.239 e. The molecule has 2 aliphatic rings. The normalized spacial score (nSPS) is 24.8.